The average Bonchev–Trinajstić information content (AvgIpc) is 3.28. The number of amides is 2. The number of carbonyl (C=O) groups excluding carboxylic acids is 2. The van der Waals surface area contributed by atoms with E-state index in [9.17, 15) is 9.59 Å². The molecule has 0 bridgehead atoms. The highest BCUT2D eigenvalue weighted by atomic mass is 35.5. The lowest BCUT2D eigenvalue weighted by Crippen LogP contribution is -2.53. The van der Waals surface area contributed by atoms with Crippen LogP contribution in [-0.2, 0) is 11.3 Å². The van der Waals surface area contributed by atoms with Gasteiger partial charge in [0.2, 0.25) is 17.6 Å². The van der Waals surface area contributed by atoms with Gasteiger partial charge in [-0.1, -0.05) is 34.5 Å². The van der Waals surface area contributed by atoms with Crippen LogP contribution in [0.15, 0.2) is 53.1 Å². The van der Waals surface area contributed by atoms with Gasteiger partial charge in [-0.25, -0.2) is 0 Å². The molecule has 0 aliphatic carbocycles. The number of hydrogen-bond donors (Lipinski definition) is 1. The summed E-state index contributed by atoms with van der Waals surface area (Å²) in [5.41, 5.74) is 2.39. The minimum absolute atomic E-state index is 0.0848. The van der Waals surface area contributed by atoms with Gasteiger partial charge >= 0.3 is 0 Å². The van der Waals surface area contributed by atoms with Gasteiger partial charge in [0.05, 0.1) is 6.54 Å². The van der Waals surface area contributed by atoms with Crippen LogP contribution in [-0.4, -0.2) is 64.0 Å². The Hall–Kier alpha value is -3.23. The number of piperazine rings is 1. The van der Waals surface area contributed by atoms with Gasteiger partial charge in [-0.15, -0.1) is 0 Å². The minimum atomic E-state index is -0.595. The van der Waals surface area contributed by atoms with Crippen LogP contribution < -0.4 is 5.32 Å². The van der Waals surface area contributed by atoms with Crippen LogP contribution in [0, 0.1) is 6.92 Å². The Balaban J connectivity index is 1.26. The van der Waals surface area contributed by atoms with E-state index < -0.39 is 6.04 Å². The van der Waals surface area contributed by atoms with Crippen LogP contribution in [0.2, 0.25) is 5.02 Å². The second-order valence-corrected chi connectivity index (χ2v) is 8.62. The normalized spacial score (nSPS) is 15.3. The zero-order valence-corrected chi connectivity index (χ0v) is 19.4. The Bertz CT molecular complexity index is 1120. The maximum atomic E-state index is 12.8. The standard InChI is InChI=1S/C24H26ClN5O3/c1-16-4-3-5-19(14-16)23(31)26-17(2)24(32)30-12-10-29(11-13-30)15-21-27-22(28-33-21)18-6-8-20(25)9-7-18/h3-9,14,17H,10-13,15H2,1-2H3,(H,26,31)/t17-/m1/s1. The zero-order valence-electron chi connectivity index (χ0n) is 18.6. The molecule has 0 saturated carbocycles. The van der Waals surface area contributed by atoms with Gasteiger partial charge in [-0.2, -0.15) is 4.98 Å². The highest BCUT2D eigenvalue weighted by Crippen LogP contribution is 2.19. The Labute approximate surface area is 197 Å². The van der Waals surface area contributed by atoms with Crippen molar-refractivity contribution in [2.45, 2.75) is 26.4 Å². The molecule has 1 atom stereocenters. The van der Waals surface area contributed by atoms with E-state index in [4.69, 9.17) is 16.1 Å². The zero-order chi connectivity index (χ0) is 23.4. The third kappa shape index (κ3) is 5.77. The molecule has 2 heterocycles. The molecule has 1 N–H and O–H groups in total. The summed E-state index contributed by atoms with van der Waals surface area (Å²) in [6, 6.07) is 14.0. The third-order valence-electron chi connectivity index (χ3n) is 5.61. The van der Waals surface area contributed by atoms with E-state index in [0.29, 0.717) is 55.0 Å². The van der Waals surface area contributed by atoms with Gasteiger partial charge in [0.25, 0.3) is 5.91 Å². The van der Waals surface area contributed by atoms with Crippen molar-refractivity contribution >= 4 is 23.4 Å². The number of hydrogen-bond acceptors (Lipinski definition) is 6. The lowest BCUT2D eigenvalue weighted by molar-refractivity contribution is -0.134. The highest BCUT2D eigenvalue weighted by molar-refractivity contribution is 6.30. The molecule has 1 aliphatic rings. The van der Waals surface area contributed by atoms with Crippen molar-refractivity contribution in [2.24, 2.45) is 0 Å². The molecule has 0 radical (unpaired) electrons. The summed E-state index contributed by atoms with van der Waals surface area (Å²) in [5.74, 6) is 0.719. The number of nitrogens with zero attached hydrogens (tertiary/aromatic N) is 4. The summed E-state index contributed by atoms with van der Waals surface area (Å²) in [4.78, 5) is 33.7. The van der Waals surface area contributed by atoms with Crippen molar-refractivity contribution in [3.05, 3.63) is 70.6 Å². The molecule has 2 aromatic carbocycles. The van der Waals surface area contributed by atoms with Crippen molar-refractivity contribution in [1.82, 2.24) is 25.3 Å². The number of rotatable bonds is 6. The first kappa shape index (κ1) is 22.9. The van der Waals surface area contributed by atoms with Crippen molar-refractivity contribution in [1.29, 1.82) is 0 Å². The van der Waals surface area contributed by atoms with Gasteiger partial charge in [0.15, 0.2) is 0 Å². The van der Waals surface area contributed by atoms with Crippen LogP contribution in [0.3, 0.4) is 0 Å². The highest BCUT2D eigenvalue weighted by Gasteiger charge is 2.27. The van der Waals surface area contributed by atoms with Crippen LogP contribution in [0.25, 0.3) is 11.4 Å². The Morgan fingerprint density at radius 3 is 2.55 bits per heavy atom. The van der Waals surface area contributed by atoms with Crippen LogP contribution in [0.5, 0.6) is 0 Å². The fourth-order valence-electron chi connectivity index (χ4n) is 3.75. The summed E-state index contributed by atoms with van der Waals surface area (Å²) < 4.78 is 5.39. The summed E-state index contributed by atoms with van der Waals surface area (Å²) in [6.07, 6.45) is 0. The van der Waals surface area contributed by atoms with E-state index in [-0.39, 0.29) is 11.8 Å². The fraction of sp³-hybridized carbons (Fsp3) is 0.333. The molecule has 8 nitrogen and oxygen atoms in total. The molecular weight excluding hydrogens is 442 g/mol. The first-order valence-corrected chi connectivity index (χ1v) is 11.2. The molecule has 3 aromatic rings. The Morgan fingerprint density at radius 2 is 1.85 bits per heavy atom. The van der Waals surface area contributed by atoms with E-state index >= 15 is 0 Å². The predicted octanol–water partition coefficient (Wildman–Crippen LogP) is 3.16. The van der Waals surface area contributed by atoms with Crippen molar-refractivity contribution in [3.8, 4) is 11.4 Å². The Kier molecular flexibility index (Phi) is 7.05. The molecule has 1 aliphatic heterocycles. The Morgan fingerprint density at radius 1 is 1.12 bits per heavy atom. The van der Waals surface area contributed by atoms with E-state index in [1.807, 2.05) is 31.2 Å². The monoisotopic (exact) mass is 467 g/mol. The maximum Gasteiger partial charge on any atom is 0.251 e. The number of benzene rings is 2. The molecule has 9 heteroatoms. The largest absolute Gasteiger partial charge is 0.341 e. The molecule has 2 amide bonds. The number of carbonyl (C=O) groups is 2. The molecule has 4 rings (SSSR count). The predicted molar refractivity (Wildman–Crippen MR) is 125 cm³/mol. The minimum Gasteiger partial charge on any atom is -0.341 e. The first-order valence-electron chi connectivity index (χ1n) is 10.9. The fourth-order valence-corrected chi connectivity index (χ4v) is 3.88. The number of nitrogens with one attached hydrogen (secondary N) is 1. The number of aryl methyl sites for hydroxylation is 1. The van der Waals surface area contributed by atoms with Gasteiger partial charge < -0.3 is 14.7 Å². The van der Waals surface area contributed by atoms with Crippen molar-refractivity contribution in [3.63, 3.8) is 0 Å². The van der Waals surface area contributed by atoms with Gasteiger partial charge in [0.1, 0.15) is 6.04 Å². The van der Waals surface area contributed by atoms with Gasteiger partial charge in [-0.05, 0) is 50.2 Å². The number of aromatic nitrogens is 2. The second kappa shape index (κ2) is 10.1. The molecule has 1 saturated heterocycles. The molecule has 0 unspecified atom stereocenters. The topological polar surface area (TPSA) is 91.6 Å². The summed E-state index contributed by atoms with van der Waals surface area (Å²) in [6.45, 7) is 6.67. The summed E-state index contributed by atoms with van der Waals surface area (Å²) in [7, 11) is 0. The lowest BCUT2D eigenvalue weighted by Gasteiger charge is -2.35. The lowest BCUT2D eigenvalue weighted by atomic mass is 10.1. The maximum absolute atomic E-state index is 12.8. The molecule has 172 valence electrons. The van der Waals surface area contributed by atoms with Crippen molar-refractivity contribution in [2.75, 3.05) is 26.2 Å². The third-order valence-corrected chi connectivity index (χ3v) is 5.86. The average molecular weight is 468 g/mol. The molecular formula is C24H26ClN5O3. The quantitative estimate of drug-likeness (QED) is 0.598. The molecule has 1 fully saturated rings. The van der Waals surface area contributed by atoms with E-state index in [1.165, 1.54) is 0 Å². The van der Waals surface area contributed by atoms with Crippen LogP contribution in [0.1, 0.15) is 28.7 Å². The van der Waals surface area contributed by atoms with Crippen molar-refractivity contribution < 1.29 is 14.1 Å². The number of halogens is 1. The molecule has 33 heavy (non-hydrogen) atoms. The smallest absolute Gasteiger partial charge is 0.251 e. The van der Waals surface area contributed by atoms with E-state index in [2.05, 4.69) is 20.4 Å². The summed E-state index contributed by atoms with van der Waals surface area (Å²) >= 11 is 5.93. The van der Waals surface area contributed by atoms with Crippen LogP contribution >= 0.6 is 11.6 Å². The van der Waals surface area contributed by atoms with Crippen LogP contribution in [0.4, 0.5) is 0 Å². The SMILES string of the molecule is Cc1cccc(C(=O)N[C@H](C)C(=O)N2CCN(Cc3nc(-c4ccc(Cl)cc4)no3)CC2)c1. The van der Waals surface area contributed by atoms with Gasteiger partial charge in [0, 0.05) is 42.3 Å². The summed E-state index contributed by atoms with van der Waals surface area (Å²) in [5, 5.41) is 7.51. The van der Waals surface area contributed by atoms with E-state index in [0.717, 1.165) is 11.1 Å². The molecule has 1 aromatic heterocycles. The van der Waals surface area contributed by atoms with Gasteiger partial charge in [-0.3, -0.25) is 14.5 Å². The molecule has 0 spiro atoms. The van der Waals surface area contributed by atoms with E-state index in [1.54, 1.807) is 36.1 Å². The first-order chi connectivity index (χ1) is 15.9. The second-order valence-electron chi connectivity index (χ2n) is 8.18.